The average Bonchev–Trinajstić information content (AvgIpc) is 2.97. The topological polar surface area (TPSA) is 26.3 Å². The summed E-state index contributed by atoms with van der Waals surface area (Å²) in [5, 5.41) is 0. The first-order chi connectivity index (χ1) is 8.81. The maximum Gasteiger partial charge on any atom is 0.309 e. The maximum atomic E-state index is 11.6. The van der Waals surface area contributed by atoms with E-state index in [9.17, 15) is 4.79 Å². The Morgan fingerprint density at radius 2 is 2.17 bits per heavy atom. The minimum atomic E-state index is 0.0553. The summed E-state index contributed by atoms with van der Waals surface area (Å²) in [6, 6.07) is 0. The van der Waals surface area contributed by atoms with E-state index in [0.29, 0.717) is 17.8 Å². The molecular formula is C16H22O2. The molecule has 0 amide bonds. The van der Waals surface area contributed by atoms with E-state index >= 15 is 0 Å². The lowest BCUT2D eigenvalue weighted by molar-refractivity contribution is -0.143. The van der Waals surface area contributed by atoms with Gasteiger partial charge in [0.05, 0.1) is 11.8 Å². The molecule has 98 valence electrons. The average molecular weight is 246 g/mol. The van der Waals surface area contributed by atoms with Crippen LogP contribution in [0.15, 0.2) is 0 Å². The van der Waals surface area contributed by atoms with Crippen molar-refractivity contribution in [3.8, 4) is 11.8 Å². The number of ether oxygens (including phenoxy) is 1. The lowest BCUT2D eigenvalue weighted by Crippen LogP contribution is -2.25. The molecule has 0 unspecified atom stereocenters. The quantitative estimate of drug-likeness (QED) is 0.433. The molecule has 2 aliphatic carbocycles. The van der Waals surface area contributed by atoms with Crippen LogP contribution in [0.3, 0.4) is 0 Å². The first-order valence-electron chi connectivity index (χ1n) is 7.50. The number of carbonyl (C=O) groups excluding carboxylic acids is 1. The van der Waals surface area contributed by atoms with Gasteiger partial charge in [0, 0.05) is 12.3 Å². The van der Waals surface area contributed by atoms with Crippen LogP contribution < -0.4 is 0 Å². The zero-order chi connectivity index (χ0) is 12.5. The molecule has 1 saturated heterocycles. The summed E-state index contributed by atoms with van der Waals surface area (Å²) < 4.78 is 5.51. The van der Waals surface area contributed by atoms with Crippen molar-refractivity contribution in [1.29, 1.82) is 0 Å². The Balaban J connectivity index is 1.53. The molecule has 2 bridgehead atoms. The monoisotopic (exact) mass is 246 g/mol. The number of hydrogen-bond donors (Lipinski definition) is 0. The molecule has 0 radical (unpaired) electrons. The van der Waals surface area contributed by atoms with E-state index in [0.717, 1.165) is 12.8 Å². The zero-order valence-electron chi connectivity index (χ0n) is 11.2. The van der Waals surface area contributed by atoms with Crippen molar-refractivity contribution in [2.75, 3.05) is 0 Å². The van der Waals surface area contributed by atoms with E-state index in [1.807, 2.05) is 0 Å². The highest BCUT2D eigenvalue weighted by atomic mass is 16.6. The second-order valence-electron chi connectivity index (χ2n) is 6.06. The first-order valence-corrected chi connectivity index (χ1v) is 7.50. The van der Waals surface area contributed by atoms with Gasteiger partial charge < -0.3 is 4.74 Å². The van der Waals surface area contributed by atoms with Gasteiger partial charge in [0.1, 0.15) is 6.10 Å². The van der Waals surface area contributed by atoms with Crippen molar-refractivity contribution in [3.05, 3.63) is 0 Å². The molecule has 3 aliphatic rings. The van der Waals surface area contributed by atoms with E-state index in [-0.39, 0.29) is 18.0 Å². The predicted molar refractivity (Wildman–Crippen MR) is 69.6 cm³/mol. The summed E-state index contributed by atoms with van der Waals surface area (Å²) >= 11 is 0. The van der Waals surface area contributed by atoms with Crippen molar-refractivity contribution in [2.24, 2.45) is 23.7 Å². The van der Waals surface area contributed by atoms with Gasteiger partial charge in [-0.25, -0.2) is 0 Å². The highest BCUT2D eigenvalue weighted by Gasteiger charge is 2.61. The molecule has 1 aliphatic heterocycles. The number of esters is 1. The van der Waals surface area contributed by atoms with Gasteiger partial charge in [-0.15, -0.1) is 5.92 Å². The van der Waals surface area contributed by atoms with Crippen LogP contribution in [0.4, 0.5) is 0 Å². The molecule has 1 heterocycles. The summed E-state index contributed by atoms with van der Waals surface area (Å²) in [6.45, 7) is 2.23. The molecule has 18 heavy (non-hydrogen) atoms. The normalized spacial score (nSPS) is 39.6. The number of unbranched alkanes of at least 4 members (excludes halogenated alkanes) is 4. The second-order valence-corrected chi connectivity index (χ2v) is 6.06. The molecule has 5 atom stereocenters. The van der Waals surface area contributed by atoms with Crippen LogP contribution in [-0.2, 0) is 9.53 Å². The Bertz CT molecular complexity index is 390. The molecule has 2 heteroatoms. The van der Waals surface area contributed by atoms with Gasteiger partial charge in [0.2, 0.25) is 0 Å². The van der Waals surface area contributed by atoms with Gasteiger partial charge in [-0.3, -0.25) is 4.79 Å². The van der Waals surface area contributed by atoms with Crippen LogP contribution >= 0.6 is 0 Å². The fourth-order valence-corrected chi connectivity index (χ4v) is 3.99. The lowest BCUT2D eigenvalue weighted by atomic mass is 9.82. The Hall–Kier alpha value is -0.970. The predicted octanol–water partition coefficient (Wildman–Crippen LogP) is 3.16. The van der Waals surface area contributed by atoms with E-state index in [1.165, 1.54) is 32.1 Å². The number of rotatable bonds is 4. The molecule has 0 aromatic heterocycles. The van der Waals surface area contributed by atoms with Gasteiger partial charge in [0.25, 0.3) is 0 Å². The maximum absolute atomic E-state index is 11.6. The zero-order valence-corrected chi connectivity index (χ0v) is 11.2. The van der Waals surface area contributed by atoms with Gasteiger partial charge >= 0.3 is 5.97 Å². The van der Waals surface area contributed by atoms with E-state index in [4.69, 9.17) is 4.74 Å². The summed E-state index contributed by atoms with van der Waals surface area (Å²) in [6.07, 6.45) is 8.47. The first kappa shape index (κ1) is 12.1. The Kier molecular flexibility index (Phi) is 3.33. The van der Waals surface area contributed by atoms with Crippen LogP contribution in [0.2, 0.25) is 0 Å². The van der Waals surface area contributed by atoms with E-state index < -0.39 is 0 Å². The van der Waals surface area contributed by atoms with E-state index in [1.54, 1.807) is 0 Å². The standard InChI is InChI=1S/C16H22O2/c1-2-3-4-5-6-7-8-12-11-9-13-14(10-11)16(17)18-15(12)13/h11-15H,2-6,9-10H2,1H3/t11-,12-,13+,14-,15+/m1/s1. The van der Waals surface area contributed by atoms with Crippen LogP contribution in [0.25, 0.3) is 0 Å². The van der Waals surface area contributed by atoms with Crippen molar-refractivity contribution in [1.82, 2.24) is 0 Å². The smallest absolute Gasteiger partial charge is 0.309 e. The third-order valence-corrected chi connectivity index (χ3v) is 4.91. The SMILES string of the molecule is CCCCCCC#C[C@@H]1[C@@H]2C[C@@H]3[C@H]1OC(=O)[C@@H]3C2. The fraction of sp³-hybridized carbons (Fsp3) is 0.812. The molecular weight excluding hydrogens is 224 g/mol. The van der Waals surface area contributed by atoms with Crippen molar-refractivity contribution >= 4 is 5.97 Å². The summed E-state index contributed by atoms with van der Waals surface area (Å²) in [7, 11) is 0. The molecule has 0 aromatic rings. The number of carbonyl (C=O) groups is 1. The van der Waals surface area contributed by atoms with Crippen molar-refractivity contribution in [2.45, 2.75) is 58.0 Å². The number of fused-ring (bicyclic) bond motifs is 1. The fourth-order valence-electron chi connectivity index (χ4n) is 3.99. The van der Waals surface area contributed by atoms with E-state index in [2.05, 4.69) is 18.8 Å². The minimum Gasteiger partial charge on any atom is -0.460 e. The third kappa shape index (κ3) is 1.94. The van der Waals surface area contributed by atoms with Crippen molar-refractivity contribution < 1.29 is 9.53 Å². The Labute approximate surface area is 109 Å². The molecule has 3 rings (SSSR count). The molecule has 2 nitrogen and oxygen atoms in total. The Morgan fingerprint density at radius 3 is 3.00 bits per heavy atom. The highest BCUT2D eigenvalue weighted by molar-refractivity contribution is 5.76. The third-order valence-electron chi connectivity index (χ3n) is 4.91. The molecule has 0 aromatic carbocycles. The Morgan fingerprint density at radius 1 is 1.28 bits per heavy atom. The lowest BCUT2D eigenvalue weighted by Gasteiger charge is -2.20. The van der Waals surface area contributed by atoms with Gasteiger partial charge in [-0.2, -0.15) is 0 Å². The second kappa shape index (κ2) is 4.96. The largest absolute Gasteiger partial charge is 0.460 e. The molecule has 0 N–H and O–H groups in total. The van der Waals surface area contributed by atoms with Crippen LogP contribution in [0.5, 0.6) is 0 Å². The van der Waals surface area contributed by atoms with Crippen LogP contribution in [-0.4, -0.2) is 12.1 Å². The van der Waals surface area contributed by atoms with Crippen LogP contribution in [0.1, 0.15) is 51.9 Å². The molecule has 2 saturated carbocycles. The molecule has 0 spiro atoms. The van der Waals surface area contributed by atoms with Gasteiger partial charge in [-0.1, -0.05) is 32.1 Å². The summed E-state index contributed by atoms with van der Waals surface area (Å²) in [5.74, 6) is 8.51. The summed E-state index contributed by atoms with van der Waals surface area (Å²) in [4.78, 5) is 11.6. The van der Waals surface area contributed by atoms with Crippen molar-refractivity contribution in [3.63, 3.8) is 0 Å². The summed E-state index contributed by atoms with van der Waals surface area (Å²) in [5.41, 5.74) is 0. The minimum absolute atomic E-state index is 0.0553. The highest BCUT2D eigenvalue weighted by Crippen LogP contribution is 2.57. The van der Waals surface area contributed by atoms with Crippen LogP contribution in [0, 0.1) is 35.5 Å². The van der Waals surface area contributed by atoms with Gasteiger partial charge in [0.15, 0.2) is 0 Å². The van der Waals surface area contributed by atoms with Gasteiger partial charge in [-0.05, 0) is 25.2 Å². The molecule has 3 fully saturated rings. The number of hydrogen-bond acceptors (Lipinski definition) is 2.